The number of rotatable bonds is 5. The van der Waals surface area contributed by atoms with E-state index in [2.05, 4.69) is 56.4 Å². The molecule has 0 aromatic heterocycles. The molecule has 5 saturated carbocycles. The maximum atomic E-state index is 14.5. The zero-order valence-corrected chi connectivity index (χ0v) is 26.5. The maximum Gasteiger partial charge on any atom is 0.325 e. The van der Waals surface area contributed by atoms with Crippen LogP contribution >= 0.6 is 0 Å². The number of unbranched alkanes of at least 4 members (excludes halogenated alkanes) is 1. The van der Waals surface area contributed by atoms with Gasteiger partial charge in [-0.05, 0) is 117 Å². The third-order valence-corrected chi connectivity index (χ3v) is 13.8. The van der Waals surface area contributed by atoms with Crippen LogP contribution < -0.4 is 5.32 Å². The van der Waals surface area contributed by atoms with Gasteiger partial charge in [-0.2, -0.15) is 0 Å². The fraction of sp³-hybridized carbons (Fsp3) is 0.737. The molecule has 4 heteroatoms. The first-order valence-corrected chi connectivity index (χ1v) is 17.7. The average molecular weight is 571 g/mol. The van der Waals surface area contributed by atoms with E-state index in [1.165, 1.54) is 68.9 Å². The van der Waals surface area contributed by atoms with Crippen LogP contribution in [0.15, 0.2) is 36.4 Å². The Morgan fingerprint density at radius 1 is 0.905 bits per heavy atom. The van der Waals surface area contributed by atoms with E-state index in [4.69, 9.17) is 0 Å². The predicted octanol–water partition coefficient (Wildman–Crippen LogP) is 8.94. The highest BCUT2D eigenvalue weighted by molar-refractivity contribution is 6.02. The number of aryl methyl sites for hydroxylation is 1. The molecule has 42 heavy (non-hydrogen) atoms. The standard InChI is InChI=1S/C38H54N2O2/c1-4-5-9-26-13-15-28(16-14-26)34-27-10-6-22-38(34,23-7-11-27)39-35(42)40-32-18-17-29-30-12-8-21-36(30,2)24-19-31(29)37(32,3)25-20-33(40)41/h13-16,20,25,27,29-32,34H,4-12,17-19,21-24H2,1-3H3,(H,39,42)/t27?,29-,30-,31-,32+,34?,36-,37+,38?/m0/s1. The van der Waals surface area contributed by atoms with E-state index in [1.807, 2.05) is 0 Å². The Morgan fingerprint density at radius 2 is 1.64 bits per heavy atom. The average Bonchev–Trinajstić information content (AvgIpc) is 3.38. The van der Waals surface area contributed by atoms with Crippen LogP contribution in [0, 0.1) is 34.5 Å². The molecule has 1 N–H and O–H groups in total. The number of carbonyl (C=O) groups is 2. The number of nitrogens with one attached hydrogen (secondary N) is 1. The van der Waals surface area contributed by atoms with Crippen molar-refractivity contribution in [2.45, 2.75) is 141 Å². The highest BCUT2D eigenvalue weighted by Gasteiger charge is 2.60. The Hall–Kier alpha value is -2.10. The van der Waals surface area contributed by atoms with Gasteiger partial charge in [-0.1, -0.05) is 76.8 Å². The van der Waals surface area contributed by atoms with E-state index in [9.17, 15) is 9.59 Å². The SMILES string of the molecule is CCCCc1ccc(C2C3CCCC2(NC(=O)N2C(=O)C=C[C@]4(C)[C@H]5CC[C@]6(C)CCC[C@H]6[C@@H]5CC[C@@H]24)CCC3)cc1. The third-order valence-electron chi connectivity index (χ3n) is 13.8. The molecule has 1 aromatic rings. The maximum absolute atomic E-state index is 14.5. The molecule has 7 atom stereocenters. The second-order valence-corrected chi connectivity index (χ2v) is 15.9. The van der Waals surface area contributed by atoms with Crippen LogP contribution in [-0.4, -0.2) is 28.4 Å². The summed E-state index contributed by atoms with van der Waals surface area (Å²) in [5, 5.41) is 3.66. The second kappa shape index (κ2) is 10.8. The molecule has 5 fully saturated rings. The van der Waals surface area contributed by atoms with E-state index >= 15 is 0 Å². The number of fused-ring (bicyclic) bond motifs is 7. The molecule has 5 aliphatic carbocycles. The lowest BCUT2D eigenvalue weighted by molar-refractivity contribution is -0.135. The summed E-state index contributed by atoms with van der Waals surface area (Å²) in [4.78, 5) is 29.8. The minimum absolute atomic E-state index is 0.0299. The topological polar surface area (TPSA) is 49.4 Å². The molecule has 6 aliphatic rings. The monoisotopic (exact) mass is 570 g/mol. The molecule has 1 aliphatic heterocycles. The lowest BCUT2D eigenvalue weighted by Crippen LogP contribution is -2.66. The van der Waals surface area contributed by atoms with E-state index in [0.29, 0.717) is 23.2 Å². The summed E-state index contributed by atoms with van der Waals surface area (Å²) >= 11 is 0. The van der Waals surface area contributed by atoms with Crippen LogP contribution in [0.25, 0.3) is 0 Å². The summed E-state index contributed by atoms with van der Waals surface area (Å²) in [5.74, 6) is 2.95. The summed E-state index contributed by atoms with van der Waals surface area (Å²) in [6.45, 7) is 7.18. The van der Waals surface area contributed by atoms with Crippen LogP contribution in [0.4, 0.5) is 4.79 Å². The third kappa shape index (κ3) is 4.52. The van der Waals surface area contributed by atoms with Crippen LogP contribution in [0.2, 0.25) is 0 Å². The molecule has 1 unspecified atom stereocenters. The van der Waals surface area contributed by atoms with Gasteiger partial charge in [-0.3, -0.25) is 9.69 Å². The number of hydrogen-bond acceptors (Lipinski definition) is 2. The van der Waals surface area contributed by atoms with Gasteiger partial charge in [0.25, 0.3) is 5.91 Å². The van der Waals surface area contributed by atoms with Gasteiger partial charge in [-0.15, -0.1) is 0 Å². The lowest BCUT2D eigenvalue weighted by Gasteiger charge is -2.60. The predicted molar refractivity (Wildman–Crippen MR) is 169 cm³/mol. The number of nitrogens with zero attached hydrogens (tertiary/aromatic N) is 1. The van der Waals surface area contributed by atoms with Gasteiger partial charge in [0.2, 0.25) is 0 Å². The summed E-state index contributed by atoms with van der Waals surface area (Å²) in [6, 6.07) is 9.21. The Labute approximate surface area is 254 Å². The van der Waals surface area contributed by atoms with Crippen molar-refractivity contribution in [3.63, 3.8) is 0 Å². The largest absolute Gasteiger partial charge is 0.332 e. The van der Waals surface area contributed by atoms with Crippen molar-refractivity contribution in [3.05, 3.63) is 47.5 Å². The first-order valence-electron chi connectivity index (χ1n) is 17.7. The van der Waals surface area contributed by atoms with Gasteiger partial charge in [-0.25, -0.2) is 4.79 Å². The molecule has 228 valence electrons. The van der Waals surface area contributed by atoms with Gasteiger partial charge < -0.3 is 5.32 Å². The number of amides is 3. The van der Waals surface area contributed by atoms with Gasteiger partial charge in [0, 0.05) is 22.9 Å². The van der Waals surface area contributed by atoms with E-state index in [1.54, 1.807) is 11.0 Å². The molecule has 0 saturated heterocycles. The number of carbonyl (C=O) groups excluding carboxylic acids is 2. The summed E-state index contributed by atoms with van der Waals surface area (Å²) in [6.07, 6.45) is 23.2. The molecule has 1 heterocycles. The molecule has 1 aromatic carbocycles. The van der Waals surface area contributed by atoms with Crippen molar-refractivity contribution in [1.29, 1.82) is 0 Å². The first kappa shape index (κ1) is 28.7. The highest BCUT2D eigenvalue weighted by Crippen LogP contribution is 2.64. The van der Waals surface area contributed by atoms with Gasteiger partial charge in [0.1, 0.15) is 0 Å². The van der Waals surface area contributed by atoms with Crippen molar-refractivity contribution in [3.8, 4) is 0 Å². The van der Waals surface area contributed by atoms with Crippen molar-refractivity contribution in [2.75, 3.05) is 0 Å². The van der Waals surface area contributed by atoms with Crippen LogP contribution in [0.5, 0.6) is 0 Å². The molecule has 4 nitrogen and oxygen atoms in total. The summed E-state index contributed by atoms with van der Waals surface area (Å²) < 4.78 is 0. The number of benzene rings is 1. The van der Waals surface area contributed by atoms with Crippen LogP contribution in [-0.2, 0) is 11.2 Å². The molecule has 3 amide bonds. The molecular weight excluding hydrogens is 516 g/mol. The minimum Gasteiger partial charge on any atom is -0.332 e. The van der Waals surface area contributed by atoms with Crippen LogP contribution in [0.1, 0.15) is 134 Å². The second-order valence-electron chi connectivity index (χ2n) is 15.9. The fourth-order valence-electron chi connectivity index (χ4n) is 11.8. The van der Waals surface area contributed by atoms with Gasteiger partial charge in [0.15, 0.2) is 0 Å². The number of imide groups is 1. The van der Waals surface area contributed by atoms with Crippen LogP contribution in [0.3, 0.4) is 0 Å². The zero-order chi connectivity index (χ0) is 29.1. The quantitative estimate of drug-likeness (QED) is 0.384. The Morgan fingerprint density at radius 3 is 2.38 bits per heavy atom. The highest BCUT2D eigenvalue weighted by atomic mass is 16.2. The van der Waals surface area contributed by atoms with Crippen molar-refractivity contribution in [2.24, 2.45) is 34.5 Å². The molecular formula is C38H54N2O2. The molecule has 0 spiro atoms. The molecule has 2 bridgehead atoms. The van der Waals surface area contributed by atoms with E-state index in [0.717, 1.165) is 56.8 Å². The van der Waals surface area contributed by atoms with Gasteiger partial charge in [0.05, 0.1) is 6.04 Å². The smallest absolute Gasteiger partial charge is 0.325 e. The fourth-order valence-corrected chi connectivity index (χ4v) is 11.8. The Balaban J connectivity index is 1.15. The van der Waals surface area contributed by atoms with Crippen molar-refractivity contribution >= 4 is 11.9 Å². The first-order chi connectivity index (χ1) is 20.3. The normalized spacial score (nSPS) is 42.5. The Kier molecular flexibility index (Phi) is 7.38. The Bertz CT molecular complexity index is 1210. The van der Waals surface area contributed by atoms with Crippen molar-refractivity contribution < 1.29 is 9.59 Å². The number of hydrogen-bond donors (Lipinski definition) is 1. The summed E-state index contributed by atoms with van der Waals surface area (Å²) in [5.41, 5.74) is 2.94. The number of urea groups is 1. The molecule has 7 rings (SSSR count). The van der Waals surface area contributed by atoms with Crippen molar-refractivity contribution in [1.82, 2.24) is 10.2 Å². The molecule has 0 radical (unpaired) electrons. The van der Waals surface area contributed by atoms with Gasteiger partial charge >= 0.3 is 6.03 Å². The van der Waals surface area contributed by atoms with E-state index < -0.39 is 0 Å². The zero-order valence-electron chi connectivity index (χ0n) is 26.5. The lowest BCUT2D eigenvalue weighted by atomic mass is 9.48. The summed E-state index contributed by atoms with van der Waals surface area (Å²) in [7, 11) is 0. The minimum atomic E-state index is -0.255. The van der Waals surface area contributed by atoms with E-state index in [-0.39, 0.29) is 28.9 Å².